The smallest absolute Gasteiger partial charge is 0.277 e. The Bertz CT molecular complexity index is 745. The molecule has 1 N–H and O–H groups in total. The topological polar surface area (TPSA) is 50.7 Å². The van der Waals surface area contributed by atoms with Gasteiger partial charge in [0.05, 0.1) is 6.21 Å². The van der Waals surface area contributed by atoms with Gasteiger partial charge in [0.15, 0.2) is 6.61 Å². The summed E-state index contributed by atoms with van der Waals surface area (Å²) in [4.78, 5) is 11.6. The number of aryl methyl sites for hydroxylation is 2. The molecule has 0 radical (unpaired) electrons. The third kappa shape index (κ3) is 4.88. The summed E-state index contributed by atoms with van der Waals surface area (Å²) in [5, 5.41) is 3.61. The molecule has 2 aromatic rings. The number of carbonyl (C=O) groups excluding carboxylic acids is 1. The SMILES string of the molecule is Cc1ccc(OCC(=O)N/N=C\c2ccc(F)cc2F)cc1C. The molecule has 4 nitrogen and oxygen atoms in total. The largest absolute Gasteiger partial charge is 0.484 e. The Morgan fingerprint density at radius 3 is 2.65 bits per heavy atom. The van der Waals surface area contributed by atoms with E-state index < -0.39 is 17.5 Å². The van der Waals surface area contributed by atoms with Crippen LogP contribution in [-0.4, -0.2) is 18.7 Å². The number of benzene rings is 2. The zero-order valence-electron chi connectivity index (χ0n) is 12.8. The van der Waals surface area contributed by atoms with Crippen LogP contribution in [0.3, 0.4) is 0 Å². The van der Waals surface area contributed by atoms with Gasteiger partial charge in [-0.25, -0.2) is 14.2 Å². The van der Waals surface area contributed by atoms with E-state index in [2.05, 4.69) is 10.5 Å². The van der Waals surface area contributed by atoms with E-state index in [1.54, 1.807) is 6.07 Å². The number of hydrogen-bond donors (Lipinski definition) is 1. The minimum atomic E-state index is -0.755. The Kier molecular flexibility index (Phi) is 5.41. The summed E-state index contributed by atoms with van der Waals surface area (Å²) in [5.74, 6) is -1.33. The quantitative estimate of drug-likeness (QED) is 0.680. The van der Waals surface area contributed by atoms with Crippen LogP contribution < -0.4 is 10.2 Å². The molecule has 0 bridgehead atoms. The van der Waals surface area contributed by atoms with Gasteiger partial charge in [-0.15, -0.1) is 0 Å². The van der Waals surface area contributed by atoms with Crippen LogP contribution in [0.1, 0.15) is 16.7 Å². The number of rotatable bonds is 5. The number of amides is 1. The van der Waals surface area contributed by atoms with Gasteiger partial charge in [-0.2, -0.15) is 5.10 Å². The fourth-order valence-corrected chi connectivity index (χ4v) is 1.76. The molecule has 2 rings (SSSR count). The summed E-state index contributed by atoms with van der Waals surface area (Å²) >= 11 is 0. The van der Waals surface area contributed by atoms with Gasteiger partial charge in [-0.3, -0.25) is 4.79 Å². The van der Waals surface area contributed by atoms with E-state index in [9.17, 15) is 13.6 Å². The van der Waals surface area contributed by atoms with Crippen LogP contribution in [0.15, 0.2) is 41.5 Å². The van der Waals surface area contributed by atoms with Crippen LogP contribution in [0.5, 0.6) is 5.75 Å². The highest BCUT2D eigenvalue weighted by Crippen LogP contribution is 2.16. The molecule has 1 amide bonds. The van der Waals surface area contributed by atoms with Crippen molar-refractivity contribution >= 4 is 12.1 Å². The molecule has 120 valence electrons. The fraction of sp³-hybridized carbons (Fsp3) is 0.176. The van der Waals surface area contributed by atoms with Crippen LogP contribution in [0.4, 0.5) is 8.78 Å². The minimum Gasteiger partial charge on any atom is -0.484 e. The molecule has 0 aliphatic heterocycles. The highest BCUT2D eigenvalue weighted by molar-refractivity contribution is 5.83. The van der Waals surface area contributed by atoms with Crippen molar-refractivity contribution in [1.29, 1.82) is 0 Å². The maximum Gasteiger partial charge on any atom is 0.277 e. The molecule has 23 heavy (non-hydrogen) atoms. The van der Waals surface area contributed by atoms with Crippen molar-refractivity contribution in [2.75, 3.05) is 6.61 Å². The Morgan fingerprint density at radius 2 is 1.96 bits per heavy atom. The molecule has 0 heterocycles. The van der Waals surface area contributed by atoms with Gasteiger partial charge >= 0.3 is 0 Å². The summed E-state index contributed by atoms with van der Waals surface area (Å²) in [7, 11) is 0. The van der Waals surface area contributed by atoms with Crippen LogP contribution in [0.25, 0.3) is 0 Å². The zero-order chi connectivity index (χ0) is 16.8. The summed E-state index contributed by atoms with van der Waals surface area (Å²) in [6.07, 6.45) is 1.10. The first-order valence-electron chi connectivity index (χ1n) is 6.92. The van der Waals surface area contributed by atoms with E-state index in [-0.39, 0.29) is 12.2 Å². The van der Waals surface area contributed by atoms with E-state index in [1.807, 2.05) is 26.0 Å². The van der Waals surface area contributed by atoms with E-state index in [4.69, 9.17) is 4.74 Å². The van der Waals surface area contributed by atoms with Crippen molar-refractivity contribution in [3.05, 3.63) is 64.7 Å². The Morgan fingerprint density at radius 1 is 1.17 bits per heavy atom. The van der Waals surface area contributed by atoms with Crippen LogP contribution in [-0.2, 0) is 4.79 Å². The number of nitrogens with one attached hydrogen (secondary N) is 1. The molecule has 2 aromatic carbocycles. The summed E-state index contributed by atoms with van der Waals surface area (Å²) < 4.78 is 31.4. The predicted octanol–water partition coefficient (Wildman–Crippen LogP) is 3.11. The molecule has 0 fully saturated rings. The highest BCUT2D eigenvalue weighted by Gasteiger charge is 2.04. The summed E-state index contributed by atoms with van der Waals surface area (Å²) in [6.45, 7) is 3.71. The summed E-state index contributed by atoms with van der Waals surface area (Å²) in [6, 6.07) is 8.58. The Balaban J connectivity index is 1.85. The zero-order valence-corrected chi connectivity index (χ0v) is 12.8. The van der Waals surface area contributed by atoms with Gasteiger partial charge in [-0.1, -0.05) is 6.07 Å². The van der Waals surface area contributed by atoms with E-state index in [0.29, 0.717) is 5.75 Å². The van der Waals surface area contributed by atoms with Gasteiger partial charge in [0.25, 0.3) is 5.91 Å². The van der Waals surface area contributed by atoms with Gasteiger partial charge < -0.3 is 4.74 Å². The molecule has 0 saturated carbocycles. The normalized spacial score (nSPS) is 10.8. The predicted molar refractivity (Wildman–Crippen MR) is 83.5 cm³/mol. The second-order valence-electron chi connectivity index (χ2n) is 4.99. The molecule has 0 aliphatic carbocycles. The Labute approximate surface area is 132 Å². The lowest BCUT2D eigenvalue weighted by molar-refractivity contribution is -0.123. The van der Waals surface area contributed by atoms with Crippen LogP contribution in [0.2, 0.25) is 0 Å². The molecule has 0 aliphatic rings. The molecule has 0 spiro atoms. The average Bonchev–Trinajstić information content (AvgIpc) is 2.50. The molecule has 0 atom stereocenters. The number of hydrogen-bond acceptors (Lipinski definition) is 3. The fourth-order valence-electron chi connectivity index (χ4n) is 1.76. The van der Waals surface area contributed by atoms with Gasteiger partial charge in [-0.05, 0) is 49.2 Å². The van der Waals surface area contributed by atoms with E-state index in [0.717, 1.165) is 29.5 Å². The number of carbonyl (C=O) groups is 1. The first kappa shape index (κ1) is 16.6. The van der Waals surface area contributed by atoms with Crippen molar-refractivity contribution in [3.63, 3.8) is 0 Å². The van der Waals surface area contributed by atoms with Crippen molar-refractivity contribution in [3.8, 4) is 5.75 Å². The lowest BCUT2D eigenvalue weighted by Gasteiger charge is -2.07. The van der Waals surface area contributed by atoms with Gasteiger partial charge in [0.1, 0.15) is 17.4 Å². The van der Waals surface area contributed by atoms with Gasteiger partial charge in [0.2, 0.25) is 0 Å². The lowest BCUT2D eigenvalue weighted by atomic mass is 10.1. The van der Waals surface area contributed by atoms with E-state index in [1.165, 1.54) is 6.07 Å². The molecule has 0 aromatic heterocycles. The Hall–Kier alpha value is -2.76. The molecular weight excluding hydrogens is 302 g/mol. The standard InChI is InChI=1S/C17H16F2N2O2/c1-11-3-6-15(7-12(11)2)23-10-17(22)21-20-9-13-4-5-14(18)8-16(13)19/h3-9H,10H2,1-2H3,(H,21,22)/b20-9-. The maximum absolute atomic E-state index is 13.3. The average molecular weight is 318 g/mol. The van der Waals surface area contributed by atoms with Crippen molar-refractivity contribution in [2.24, 2.45) is 5.10 Å². The van der Waals surface area contributed by atoms with Crippen molar-refractivity contribution in [1.82, 2.24) is 5.43 Å². The van der Waals surface area contributed by atoms with Gasteiger partial charge in [0, 0.05) is 11.6 Å². The lowest BCUT2D eigenvalue weighted by Crippen LogP contribution is -2.24. The minimum absolute atomic E-state index is 0.0711. The van der Waals surface area contributed by atoms with Crippen molar-refractivity contribution < 1.29 is 18.3 Å². The van der Waals surface area contributed by atoms with Crippen molar-refractivity contribution in [2.45, 2.75) is 13.8 Å². The number of ether oxygens (including phenoxy) is 1. The molecule has 0 saturated heterocycles. The maximum atomic E-state index is 13.3. The van der Waals surface area contributed by atoms with E-state index >= 15 is 0 Å². The molecular formula is C17H16F2N2O2. The first-order chi connectivity index (χ1) is 11.0. The molecule has 6 heteroatoms. The van der Waals surface area contributed by atoms with Crippen LogP contribution in [0, 0.1) is 25.5 Å². The number of nitrogens with zero attached hydrogens (tertiary/aromatic N) is 1. The second-order valence-corrected chi connectivity index (χ2v) is 4.99. The monoisotopic (exact) mass is 318 g/mol. The second kappa shape index (κ2) is 7.49. The molecule has 0 unspecified atom stereocenters. The third-order valence-electron chi connectivity index (χ3n) is 3.20. The number of halogens is 2. The summed E-state index contributed by atoms with van der Waals surface area (Å²) in [5.41, 5.74) is 4.48. The van der Waals surface area contributed by atoms with Crippen LogP contribution >= 0.6 is 0 Å². The first-order valence-corrected chi connectivity index (χ1v) is 6.92. The third-order valence-corrected chi connectivity index (χ3v) is 3.20. The highest BCUT2D eigenvalue weighted by atomic mass is 19.1. The number of hydrazone groups is 1.